The van der Waals surface area contributed by atoms with Gasteiger partial charge in [0.25, 0.3) is 0 Å². The number of nitrogens with one attached hydrogen (secondary N) is 1. The molecule has 0 unspecified atom stereocenters. The van der Waals surface area contributed by atoms with E-state index in [1.807, 2.05) is 14.0 Å². The summed E-state index contributed by atoms with van der Waals surface area (Å²) >= 11 is 0. The fraction of sp³-hybridized carbons (Fsp3) is 0.867. The maximum atomic E-state index is 11.6. The van der Waals surface area contributed by atoms with Crippen molar-refractivity contribution in [3.8, 4) is 0 Å². The lowest BCUT2D eigenvalue weighted by Crippen LogP contribution is -2.48. The third kappa shape index (κ3) is 8.03. The first-order chi connectivity index (χ1) is 11.1. The molecular weight excluding hydrogens is 298 g/mol. The van der Waals surface area contributed by atoms with Crippen LogP contribution in [0, 0.1) is 0 Å². The second kappa shape index (κ2) is 11.1. The van der Waals surface area contributed by atoms with Gasteiger partial charge < -0.3 is 30.3 Å². The Bertz CT molecular complexity index is 370. The summed E-state index contributed by atoms with van der Waals surface area (Å²) in [4.78, 5) is 19.9. The van der Waals surface area contributed by atoms with Gasteiger partial charge in [-0.05, 0) is 26.8 Å². The average molecular weight is 329 g/mol. The molecule has 0 aromatic rings. The molecule has 0 radical (unpaired) electrons. The first-order valence-corrected chi connectivity index (χ1v) is 8.22. The molecule has 8 nitrogen and oxygen atoms in total. The van der Waals surface area contributed by atoms with Gasteiger partial charge in [-0.2, -0.15) is 0 Å². The van der Waals surface area contributed by atoms with Crippen LogP contribution in [-0.2, 0) is 9.47 Å². The van der Waals surface area contributed by atoms with Crippen LogP contribution >= 0.6 is 0 Å². The van der Waals surface area contributed by atoms with E-state index in [1.54, 1.807) is 12.0 Å². The molecule has 0 aromatic heterocycles. The summed E-state index contributed by atoms with van der Waals surface area (Å²) < 4.78 is 10.0. The molecule has 134 valence electrons. The smallest absolute Gasteiger partial charge is 0.409 e. The lowest BCUT2D eigenvalue weighted by molar-refractivity contribution is 0.0963. The topological polar surface area (TPSA) is 92.4 Å². The van der Waals surface area contributed by atoms with Gasteiger partial charge in [0, 0.05) is 39.3 Å². The van der Waals surface area contributed by atoms with Gasteiger partial charge in [0.2, 0.25) is 0 Å². The number of likely N-dealkylation sites (N-methyl/N-ethyl adjacent to an activating group) is 1. The molecule has 1 aliphatic rings. The molecule has 0 spiro atoms. The van der Waals surface area contributed by atoms with E-state index in [9.17, 15) is 4.79 Å². The van der Waals surface area contributed by atoms with Gasteiger partial charge >= 0.3 is 6.09 Å². The molecule has 0 aliphatic carbocycles. The largest absolute Gasteiger partial charge is 0.450 e. The summed E-state index contributed by atoms with van der Waals surface area (Å²) in [5, 5.41) is 3.23. The van der Waals surface area contributed by atoms with Gasteiger partial charge in [-0.1, -0.05) is 0 Å². The fourth-order valence-corrected chi connectivity index (χ4v) is 2.38. The van der Waals surface area contributed by atoms with Crippen LogP contribution in [0.2, 0.25) is 0 Å². The minimum absolute atomic E-state index is 0.230. The zero-order valence-electron chi connectivity index (χ0n) is 14.6. The maximum Gasteiger partial charge on any atom is 0.409 e. The van der Waals surface area contributed by atoms with Gasteiger partial charge in [0.15, 0.2) is 5.96 Å². The lowest BCUT2D eigenvalue weighted by atomic mass is 10.1. The Kier molecular flexibility index (Phi) is 9.39. The predicted octanol–water partition coefficient (Wildman–Crippen LogP) is 0.0898. The Morgan fingerprint density at radius 1 is 1.39 bits per heavy atom. The highest BCUT2D eigenvalue weighted by Crippen LogP contribution is 2.11. The minimum Gasteiger partial charge on any atom is -0.450 e. The van der Waals surface area contributed by atoms with Crippen LogP contribution in [0.25, 0.3) is 0 Å². The molecule has 0 atom stereocenters. The van der Waals surface area contributed by atoms with Crippen molar-refractivity contribution in [3.63, 3.8) is 0 Å². The van der Waals surface area contributed by atoms with E-state index >= 15 is 0 Å². The number of carbonyl (C=O) groups is 1. The third-order valence-electron chi connectivity index (χ3n) is 3.81. The number of piperidine rings is 1. The van der Waals surface area contributed by atoms with Crippen LogP contribution < -0.4 is 11.1 Å². The Balaban J connectivity index is 2.21. The monoisotopic (exact) mass is 329 g/mol. The van der Waals surface area contributed by atoms with Gasteiger partial charge in [0.1, 0.15) is 0 Å². The number of nitrogens with two attached hydrogens (primary N) is 1. The van der Waals surface area contributed by atoms with E-state index in [0.29, 0.717) is 38.8 Å². The molecule has 1 amide bonds. The quantitative estimate of drug-likeness (QED) is 0.484. The predicted molar refractivity (Wildman–Crippen MR) is 90.6 cm³/mol. The lowest BCUT2D eigenvalue weighted by Gasteiger charge is -2.31. The van der Waals surface area contributed by atoms with Crippen molar-refractivity contribution >= 4 is 12.1 Å². The van der Waals surface area contributed by atoms with Crippen LogP contribution in [0.15, 0.2) is 4.99 Å². The molecule has 1 fully saturated rings. The zero-order chi connectivity index (χ0) is 17.1. The van der Waals surface area contributed by atoms with E-state index in [0.717, 1.165) is 25.9 Å². The normalized spacial score (nSPS) is 16.7. The van der Waals surface area contributed by atoms with E-state index in [-0.39, 0.29) is 12.1 Å². The van der Waals surface area contributed by atoms with Crippen molar-refractivity contribution in [3.05, 3.63) is 0 Å². The minimum atomic E-state index is -0.230. The number of methoxy groups -OCH3 is 1. The highest BCUT2D eigenvalue weighted by Gasteiger charge is 2.23. The van der Waals surface area contributed by atoms with Gasteiger partial charge in [-0.15, -0.1) is 0 Å². The van der Waals surface area contributed by atoms with Gasteiger partial charge in [-0.3, -0.25) is 4.99 Å². The van der Waals surface area contributed by atoms with Crippen molar-refractivity contribution in [1.82, 2.24) is 15.1 Å². The Morgan fingerprint density at radius 2 is 2.09 bits per heavy atom. The molecule has 8 heteroatoms. The summed E-state index contributed by atoms with van der Waals surface area (Å²) in [6.45, 7) is 6.69. The van der Waals surface area contributed by atoms with Crippen LogP contribution in [0.1, 0.15) is 19.8 Å². The number of amides is 1. The van der Waals surface area contributed by atoms with Crippen LogP contribution in [-0.4, -0.2) is 88.0 Å². The van der Waals surface area contributed by atoms with Crippen molar-refractivity contribution in [1.29, 1.82) is 0 Å². The highest BCUT2D eigenvalue weighted by atomic mass is 16.6. The molecule has 1 heterocycles. The average Bonchev–Trinajstić information content (AvgIpc) is 2.53. The number of aliphatic imine (C=N–C) groups is 1. The molecular formula is C15H31N5O3. The summed E-state index contributed by atoms with van der Waals surface area (Å²) in [5.74, 6) is 0.472. The molecule has 1 saturated heterocycles. The number of likely N-dealkylation sites (tertiary alicyclic amines) is 1. The summed E-state index contributed by atoms with van der Waals surface area (Å²) in [6, 6.07) is 0.260. The third-order valence-corrected chi connectivity index (χ3v) is 3.81. The Labute approximate surface area is 139 Å². The first-order valence-electron chi connectivity index (χ1n) is 8.22. The standard InChI is InChI=1S/C15H31N5O3/c1-4-23-15(21)20-8-5-13(6-9-20)18-14(16)17-7-10-19(2)11-12-22-3/h13H,4-12H2,1-3H3,(H3,16,17,18). The number of hydrogen-bond donors (Lipinski definition) is 2. The molecule has 1 aliphatic heterocycles. The van der Waals surface area contributed by atoms with E-state index in [2.05, 4.69) is 15.2 Å². The molecule has 23 heavy (non-hydrogen) atoms. The van der Waals surface area contributed by atoms with Gasteiger partial charge in [-0.25, -0.2) is 4.79 Å². The first kappa shape index (κ1) is 19.5. The number of guanidine groups is 1. The second-order valence-electron chi connectivity index (χ2n) is 5.67. The van der Waals surface area contributed by atoms with E-state index in [1.165, 1.54) is 0 Å². The number of nitrogens with zero attached hydrogens (tertiary/aromatic N) is 3. The second-order valence-corrected chi connectivity index (χ2v) is 5.67. The highest BCUT2D eigenvalue weighted by molar-refractivity contribution is 5.78. The number of carbonyl (C=O) groups excluding carboxylic acids is 1. The summed E-state index contributed by atoms with van der Waals surface area (Å²) in [6.07, 6.45) is 1.47. The molecule has 0 aromatic carbocycles. The molecule has 1 rings (SSSR count). The van der Waals surface area contributed by atoms with Crippen LogP contribution in [0.3, 0.4) is 0 Å². The van der Waals surface area contributed by atoms with Crippen molar-refractivity contribution in [2.75, 3.05) is 60.1 Å². The summed E-state index contributed by atoms with van der Waals surface area (Å²) in [7, 11) is 3.73. The van der Waals surface area contributed by atoms with Crippen molar-refractivity contribution in [2.45, 2.75) is 25.8 Å². The maximum absolute atomic E-state index is 11.6. The number of ether oxygens (including phenoxy) is 2. The SMILES string of the molecule is CCOC(=O)N1CCC(NC(N)=NCCN(C)CCOC)CC1. The van der Waals surface area contributed by atoms with E-state index in [4.69, 9.17) is 15.2 Å². The fourth-order valence-electron chi connectivity index (χ4n) is 2.38. The van der Waals surface area contributed by atoms with Crippen LogP contribution in [0.4, 0.5) is 4.79 Å². The van der Waals surface area contributed by atoms with Crippen molar-refractivity contribution < 1.29 is 14.3 Å². The molecule has 3 N–H and O–H groups in total. The van der Waals surface area contributed by atoms with Gasteiger partial charge in [0.05, 0.1) is 19.8 Å². The van der Waals surface area contributed by atoms with Crippen molar-refractivity contribution in [2.24, 2.45) is 10.7 Å². The number of rotatable bonds is 8. The Hall–Kier alpha value is -1.54. The Morgan fingerprint density at radius 3 is 2.70 bits per heavy atom. The van der Waals surface area contributed by atoms with E-state index < -0.39 is 0 Å². The molecule has 0 bridgehead atoms. The van der Waals surface area contributed by atoms with Crippen LogP contribution in [0.5, 0.6) is 0 Å². The zero-order valence-corrected chi connectivity index (χ0v) is 14.6. The number of hydrogen-bond acceptors (Lipinski definition) is 5. The summed E-state index contributed by atoms with van der Waals surface area (Å²) in [5.41, 5.74) is 5.92. The molecule has 0 saturated carbocycles.